The SMILES string of the molecule is Cc1ccc(NC(=O)Nc2ccccc2Nc2ccc(Nc3ccccc3)cc2)cc1. The molecule has 0 radical (unpaired) electrons. The Morgan fingerprint density at radius 1 is 0.516 bits per heavy atom. The Balaban J connectivity index is 1.41. The van der Waals surface area contributed by atoms with Crippen LogP contribution in [0.25, 0.3) is 0 Å². The fourth-order valence-electron chi connectivity index (χ4n) is 3.10. The normalized spacial score (nSPS) is 10.2. The topological polar surface area (TPSA) is 65.2 Å². The molecule has 0 saturated carbocycles. The van der Waals surface area contributed by atoms with Crippen molar-refractivity contribution in [1.29, 1.82) is 0 Å². The van der Waals surface area contributed by atoms with Gasteiger partial charge >= 0.3 is 6.03 Å². The fraction of sp³-hybridized carbons (Fsp3) is 0.0385. The molecule has 0 aliphatic carbocycles. The number of hydrogen-bond donors (Lipinski definition) is 4. The van der Waals surface area contributed by atoms with Crippen LogP contribution in [0.4, 0.5) is 38.9 Å². The van der Waals surface area contributed by atoms with Gasteiger partial charge in [-0.05, 0) is 67.6 Å². The molecule has 0 aliphatic heterocycles. The zero-order chi connectivity index (χ0) is 21.5. The summed E-state index contributed by atoms with van der Waals surface area (Å²) in [4.78, 5) is 12.4. The van der Waals surface area contributed by atoms with E-state index in [1.165, 1.54) is 0 Å². The van der Waals surface area contributed by atoms with Gasteiger partial charge in [-0.2, -0.15) is 0 Å². The highest BCUT2D eigenvalue weighted by atomic mass is 16.2. The van der Waals surface area contributed by atoms with Gasteiger partial charge in [-0.15, -0.1) is 0 Å². The number of amides is 2. The number of urea groups is 1. The number of carbonyl (C=O) groups is 1. The van der Waals surface area contributed by atoms with Crippen LogP contribution in [-0.2, 0) is 0 Å². The van der Waals surface area contributed by atoms with Crippen LogP contribution in [0.3, 0.4) is 0 Å². The van der Waals surface area contributed by atoms with Gasteiger partial charge < -0.3 is 21.3 Å². The standard InChI is InChI=1S/C26H24N4O/c1-19-11-13-23(14-12-19)29-26(31)30-25-10-6-5-9-24(25)28-22-17-15-21(16-18-22)27-20-7-3-2-4-8-20/h2-18,27-28H,1H3,(H2,29,30,31). The molecule has 0 unspecified atom stereocenters. The van der Waals surface area contributed by atoms with Crippen LogP contribution in [0.1, 0.15) is 5.56 Å². The second kappa shape index (κ2) is 9.50. The maximum atomic E-state index is 12.4. The third kappa shape index (κ3) is 5.64. The van der Waals surface area contributed by atoms with Crippen molar-refractivity contribution in [2.75, 3.05) is 21.3 Å². The fourth-order valence-corrected chi connectivity index (χ4v) is 3.10. The van der Waals surface area contributed by atoms with Gasteiger partial charge in [0.2, 0.25) is 0 Å². The molecule has 154 valence electrons. The number of carbonyl (C=O) groups excluding carboxylic acids is 1. The lowest BCUT2D eigenvalue weighted by molar-refractivity contribution is 0.262. The Morgan fingerprint density at radius 2 is 1.03 bits per heavy atom. The van der Waals surface area contributed by atoms with Gasteiger partial charge in [0.05, 0.1) is 11.4 Å². The van der Waals surface area contributed by atoms with Crippen LogP contribution in [0.2, 0.25) is 0 Å². The van der Waals surface area contributed by atoms with Gasteiger partial charge in [0.25, 0.3) is 0 Å². The molecule has 0 heterocycles. The molecule has 5 heteroatoms. The van der Waals surface area contributed by atoms with E-state index < -0.39 is 0 Å². The molecule has 2 amide bonds. The van der Waals surface area contributed by atoms with Crippen molar-refractivity contribution in [3.63, 3.8) is 0 Å². The molecule has 0 atom stereocenters. The van der Waals surface area contributed by atoms with E-state index in [2.05, 4.69) is 21.3 Å². The quantitative estimate of drug-likeness (QED) is 0.274. The van der Waals surface area contributed by atoms with E-state index in [9.17, 15) is 4.79 Å². The molecule has 4 rings (SSSR count). The lowest BCUT2D eigenvalue weighted by Gasteiger charge is -2.14. The molecule has 0 aliphatic rings. The van der Waals surface area contributed by atoms with Crippen LogP contribution < -0.4 is 21.3 Å². The van der Waals surface area contributed by atoms with Crippen molar-refractivity contribution in [2.45, 2.75) is 6.92 Å². The van der Waals surface area contributed by atoms with Crippen molar-refractivity contribution in [1.82, 2.24) is 0 Å². The first-order chi connectivity index (χ1) is 15.2. The van der Waals surface area contributed by atoms with Gasteiger partial charge in [0.15, 0.2) is 0 Å². The molecule has 0 spiro atoms. The third-order valence-corrected chi connectivity index (χ3v) is 4.71. The number of benzene rings is 4. The Kier molecular flexibility index (Phi) is 6.14. The lowest BCUT2D eigenvalue weighted by Crippen LogP contribution is -2.20. The van der Waals surface area contributed by atoms with Crippen molar-refractivity contribution in [3.8, 4) is 0 Å². The summed E-state index contributed by atoms with van der Waals surface area (Å²) in [7, 11) is 0. The summed E-state index contributed by atoms with van der Waals surface area (Å²) in [5.41, 5.74) is 6.36. The molecule has 4 aromatic rings. The zero-order valence-electron chi connectivity index (χ0n) is 17.2. The van der Waals surface area contributed by atoms with Crippen molar-refractivity contribution in [3.05, 3.63) is 109 Å². The van der Waals surface area contributed by atoms with E-state index in [1.807, 2.05) is 110 Å². The monoisotopic (exact) mass is 408 g/mol. The molecule has 5 nitrogen and oxygen atoms in total. The number of rotatable bonds is 6. The Bertz CT molecular complexity index is 1140. The van der Waals surface area contributed by atoms with Gasteiger partial charge in [-0.25, -0.2) is 4.79 Å². The Labute approximate surface area is 182 Å². The summed E-state index contributed by atoms with van der Waals surface area (Å²) < 4.78 is 0. The summed E-state index contributed by atoms with van der Waals surface area (Å²) in [5, 5.41) is 12.5. The Hall–Kier alpha value is -4.25. The zero-order valence-corrected chi connectivity index (χ0v) is 17.2. The van der Waals surface area contributed by atoms with Crippen LogP contribution in [-0.4, -0.2) is 6.03 Å². The molecule has 0 saturated heterocycles. The van der Waals surface area contributed by atoms with Gasteiger partial charge in [-0.3, -0.25) is 0 Å². The predicted molar refractivity (Wildman–Crippen MR) is 130 cm³/mol. The van der Waals surface area contributed by atoms with Crippen LogP contribution >= 0.6 is 0 Å². The van der Waals surface area contributed by atoms with E-state index in [4.69, 9.17) is 0 Å². The molecular formula is C26H24N4O. The maximum absolute atomic E-state index is 12.4. The second-order valence-electron chi connectivity index (χ2n) is 7.18. The third-order valence-electron chi connectivity index (χ3n) is 4.71. The van der Waals surface area contributed by atoms with Crippen molar-refractivity contribution < 1.29 is 4.79 Å². The van der Waals surface area contributed by atoms with Gasteiger partial charge in [-0.1, -0.05) is 48.0 Å². The number of hydrogen-bond acceptors (Lipinski definition) is 3. The Morgan fingerprint density at radius 3 is 1.71 bits per heavy atom. The summed E-state index contributed by atoms with van der Waals surface area (Å²) in [5.74, 6) is 0. The second-order valence-corrected chi connectivity index (χ2v) is 7.18. The smallest absolute Gasteiger partial charge is 0.323 e. The highest BCUT2D eigenvalue weighted by Crippen LogP contribution is 2.27. The minimum atomic E-state index is -0.291. The minimum Gasteiger partial charge on any atom is -0.356 e. The van der Waals surface area contributed by atoms with Gasteiger partial charge in [0.1, 0.15) is 0 Å². The highest BCUT2D eigenvalue weighted by Gasteiger charge is 2.07. The van der Waals surface area contributed by atoms with Crippen LogP contribution in [0.5, 0.6) is 0 Å². The summed E-state index contributed by atoms with van der Waals surface area (Å²) in [6.07, 6.45) is 0. The molecule has 0 aromatic heterocycles. The lowest BCUT2D eigenvalue weighted by atomic mass is 10.2. The average molecular weight is 409 g/mol. The maximum Gasteiger partial charge on any atom is 0.323 e. The van der Waals surface area contributed by atoms with Gasteiger partial charge in [0, 0.05) is 22.7 Å². The summed E-state index contributed by atoms with van der Waals surface area (Å²) in [6, 6.07) is 33.0. The minimum absolute atomic E-state index is 0.291. The van der Waals surface area contributed by atoms with E-state index in [0.717, 1.165) is 34.0 Å². The van der Waals surface area contributed by atoms with Crippen molar-refractivity contribution in [2.24, 2.45) is 0 Å². The predicted octanol–water partition coefficient (Wildman–Crippen LogP) is 7.13. The van der Waals surface area contributed by atoms with E-state index in [0.29, 0.717) is 5.69 Å². The highest BCUT2D eigenvalue weighted by molar-refractivity contribution is 6.02. The first-order valence-corrected chi connectivity index (χ1v) is 10.1. The number of anilines is 6. The molecular weight excluding hydrogens is 384 g/mol. The molecule has 0 fully saturated rings. The molecule has 4 aromatic carbocycles. The molecule has 4 N–H and O–H groups in total. The van der Waals surface area contributed by atoms with Crippen LogP contribution in [0.15, 0.2) is 103 Å². The molecule has 31 heavy (non-hydrogen) atoms. The average Bonchev–Trinajstić information content (AvgIpc) is 2.79. The van der Waals surface area contributed by atoms with E-state index >= 15 is 0 Å². The first-order valence-electron chi connectivity index (χ1n) is 10.1. The van der Waals surface area contributed by atoms with Crippen molar-refractivity contribution >= 4 is 40.2 Å². The first kappa shape index (κ1) is 20.0. The number of nitrogens with one attached hydrogen (secondary N) is 4. The largest absolute Gasteiger partial charge is 0.356 e. The van der Waals surface area contributed by atoms with E-state index in [1.54, 1.807) is 0 Å². The van der Waals surface area contributed by atoms with Crippen LogP contribution in [0, 0.1) is 6.92 Å². The van der Waals surface area contributed by atoms with E-state index in [-0.39, 0.29) is 6.03 Å². The molecule has 0 bridgehead atoms. The summed E-state index contributed by atoms with van der Waals surface area (Å²) in [6.45, 7) is 2.01. The number of para-hydroxylation sites is 3. The summed E-state index contributed by atoms with van der Waals surface area (Å²) >= 11 is 0. The number of aryl methyl sites for hydroxylation is 1.